The third kappa shape index (κ3) is 9.22. The fourth-order valence-corrected chi connectivity index (χ4v) is 6.42. The van der Waals surface area contributed by atoms with E-state index in [4.69, 9.17) is 0 Å². The molecule has 180 valence electrons. The standard InChI is InChI=1S/C29H59N/c1-10-26(11-2)20-23(6)21-28-18-15-22(5)14-17-27(12-3)29(30(9)13-4)19-16-24(7)25(28)8/h22-29H,10-21H2,1-9H3. The van der Waals surface area contributed by atoms with Crippen LogP contribution in [0.4, 0.5) is 0 Å². The van der Waals surface area contributed by atoms with Crippen LogP contribution >= 0.6 is 0 Å². The molecule has 0 aromatic carbocycles. The lowest BCUT2D eigenvalue weighted by Gasteiger charge is -2.38. The van der Waals surface area contributed by atoms with Crippen molar-refractivity contribution in [2.24, 2.45) is 41.4 Å². The number of rotatable bonds is 9. The highest BCUT2D eigenvalue weighted by Crippen LogP contribution is 2.38. The van der Waals surface area contributed by atoms with Gasteiger partial charge in [0.25, 0.3) is 0 Å². The fraction of sp³-hybridized carbons (Fsp3) is 1.00. The van der Waals surface area contributed by atoms with Crippen molar-refractivity contribution < 1.29 is 0 Å². The van der Waals surface area contributed by atoms with Gasteiger partial charge in [-0.3, -0.25) is 0 Å². The van der Waals surface area contributed by atoms with Crippen LogP contribution in [0.3, 0.4) is 0 Å². The normalized spacial score (nSPS) is 33.3. The van der Waals surface area contributed by atoms with Gasteiger partial charge in [0.1, 0.15) is 0 Å². The van der Waals surface area contributed by atoms with E-state index >= 15 is 0 Å². The summed E-state index contributed by atoms with van der Waals surface area (Å²) < 4.78 is 0. The van der Waals surface area contributed by atoms with Gasteiger partial charge < -0.3 is 4.90 Å². The lowest BCUT2D eigenvalue weighted by Crippen LogP contribution is -2.39. The fourth-order valence-electron chi connectivity index (χ4n) is 6.42. The van der Waals surface area contributed by atoms with Gasteiger partial charge in [0.15, 0.2) is 0 Å². The second-order valence-corrected chi connectivity index (χ2v) is 11.5. The Kier molecular flexibility index (Phi) is 13.9. The van der Waals surface area contributed by atoms with Gasteiger partial charge in [-0.05, 0) is 93.5 Å². The topological polar surface area (TPSA) is 3.24 Å². The third-order valence-corrected chi connectivity index (χ3v) is 9.35. The zero-order chi connectivity index (χ0) is 22.7. The van der Waals surface area contributed by atoms with Gasteiger partial charge in [-0.15, -0.1) is 0 Å². The molecule has 0 aromatic heterocycles. The van der Waals surface area contributed by atoms with E-state index in [1.807, 2.05) is 0 Å². The Morgan fingerprint density at radius 1 is 0.800 bits per heavy atom. The van der Waals surface area contributed by atoms with Crippen LogP contribution in [0, 0.1) is 41.4 Å². The molecule has 30 heavy (non-hydrogen) atoms. The van der Waals surface area contributed by atoms with E-state index in [-0.39, 0.29) is 0 Å². The Hall–Kier alpha value is -0.0400. The molecule has 1 aliphatic carbocycles. The summed E-state index contributed by atoms with van der Waals surface area (Å²) in [6, 6.07) is 0.786. The maximum absolute atomic E-state index is 2.66. The molecule has 0 aromatic rings. The van der Waals surface area contributed by atoms with Crippen LogP contribution in [0.25, 0.3) is 0 Å². The molecule has 7 atom stereocenters. The molecule has 0 saturated heterocycles. The van der Waals surface area contributed by atoms with Crippen LogP contribution < -0.4 is 0 Å². The number of hydrogen-bond donors (Lipinski definition) is 0. The van der Waals surface area contributed by atoms with E-state index in [0.717, 1.165) is 47.5 Å². The van der Waals surface area contributed by atoms with Crippen LogP contribution in [0.2, 0.25) is 0 Å². The second-order valence-electron chi connectivity index (χ2n) is 11.5. The Morgan fingerprint density at radius 2 is 1.40 bits per heavy atom. The minimum atomic E-state index is 0.786. The molecule has 0 heterocycles. The van der Waals surface area contributed by atoms with Crippen molar-refractivity contribution in [1.82, 2.24) is 4.90 Å². The van der Waals surface area contributed by atoms with Gasteiger partial charge >= 0.3 is 0 Å². The van der Waals surface area contributed by atoms with Crippen molar-refractivity contribution in [3.63, 3.8) is 0 Å². The predicted molar refractivity (Wildman–Crippen MR) is 137 cm³/mol. The summed E-state index contributed by atoms with van der Waals surface area (Å²) in [6.45, 7) is 21.0. The highest BCUT2D eigenvalue weighted by molar-refractivity contribution is 4.82. The largest absolute Gasteiger partial charge is 0.303 e. The first-order chi connectivity index (χ1) is 14.3. The molecular weight excluding hydrogens is 362 g/mol. The van der Waals surface area contributed by atoms with Crippen LogP contribution in [0.1, 0.15) is 126 Å². The van der Waals surface area contributed by atoms with E-state index < -0.39 is 0 Å². The molecule has 1 heteroatoms. The summed E-state index contributed by atoms with van der Waals surface area (Å²) in [5.74, 6) is 6.26. The molecule has 1 saturated carbocycles. The molecule has 0 aliphatic heterocycles. The molecule has 1 rings (SSSR count). The summed E-state index contributed by atoms with van der Waals surface area (Å²) in [5, 5.41) is 0. The summed E-state index contributed by atoms with van der Waals surface area (Å²) in [5.41, 5.74) is 0. The van der Waals surface area contributed by atoms with E-state index in [2.05, 4.69) is 67.3 Å². The summed E-state index contributed by atoms with van der Waals surface area (Å²) >= 11 is 0. The van der Waals surface area contributed by atoms with E-state index in [0.29, 0.717) is 0 Å². The van der Waals surface area contributed by atoms with Crippen LogP contribution in [-0.4, -0.2) is 24.5 Å². The average molecular weight is 422 g/mol. The van der Waals surface area contributed by atoms with Crippen LogP contribution in [-0.2, 0) is 0 Å². The summed E-state index contributed by atoms with van der Waals surface area (Å²) in [4.78, 5) is 2.66. The van der Waals surface area contributed by atoms with Crippen molar-refractivity contribution in [2.45, 2.75) is 132 Å². The monoisotopic (exact) mass is 421 g/mol. The molecule has 1 nitrogen and oxygen atoms in total. The van der Waals surface area contributed by atoms with Crippen molar-refractivity contribution in [2.75, 3.05) is 13.6 Å². The van der Waals surface area contributed by atoms with Crippen molar-refractivity contribution in [1.29, 1.82) is 0 Å². The zero-order valence-corrected chi connectivity index (χ0v) is 22.6. The molecule has 1 fully saturated rings. The maximum atomic E-state index is 2.66. The van der Waals surface area contributed by atoms with Gasteiger partial charge in [-0.25, -0.2) is 0 Å². The Balaban J connectivity index is 2.89. The van der Waals surface area contributed by atoms with Crippen molar-refractivity contribution in [3.05, 3.63) is 0 Å². The Morgan fingerprint density at radius 3 is 1.93 bits per heavy atom. The van der Waals surface area contributed by atoms with Gasteiger partial charge in [0.2, 0.25) is 0 Å². The third-order valence-electron chi connectivity index (χ3n) is 9.35. The molecule has 0 amide bonds. The molecule has 0 bridgehead atoms. The molecule has 0 spiro atoms. The first-order valence-corrected chi connectivity index (χ1v) is 14.0. The lowest BCUT2D eigenvalue weighted by atomic mass is 9.72. The Labute approximate surface area is 192 Å². The Bertz CT molecular complexity index is 415. The molecule has 0 N–H and O–H groups in total. The van der Waals surface area contributed by atoms with Crippen molar-refractivity contribution in [3.8, 4) is 0 Å². The average Bonchev–Trinajstić information content (AvgIpc) is 2.74. The number of nitrogens with zero attached hydrogens (tertiary/aromatic N) is 1. The second kappa shape index (κ2) is 14.9. The smallest absolute Gasteiger partial charge is 0.0120 e. The highest BCUT2D eigenvalue weighted by Gasteiger charge is 2.29. The molecule has 7 unspecified atom stereocenters. The van der Waals surface area contributed by atoms with E-state index in [9.17, 15) is 0 Å². The van der Waals surface area contributed by atoms with E-state index in [1.54, 1.807) is 0 Å². The number of hydrogen-bond acceptors (Lipinski definition) is 1. The quantitative estimate of drug-likeness (QED) is 0.359. The maximum Gasteiger partial charge on any atom is 0.0120 e. The predicted octanol–water partition coefficient (Wildman–Crippen LogP) is 9.06. The van der Waals surface area contributed by atoms with E-state index in [1.165, 1.54) is 77.2 Å². The minimum Gasteiger partial charge on any atom is -0.303 e. The minimum absolute atomic E-state index is 0.786. The van der Waals surface area contributed by atoms with Gasteiger partial charge in [0.05, 0.1) is 0 Å². The molecule has 0 radical (unpaired) electrons. The summed E-state index contributed by atoms with van der Waals surface area (Å²) in [7, 11) is 2.37. The van der Waals surface area contributed by atoms with Crippen LogP contribution in [0.5, 0.6) is 0 Å². The zero-order valence-electron chi connectivity index (χ0n) is 22.6. The van der Waals surface area contributed by atoms with Crippen LogP contribution in [0.15, 0.2) is 0 Å². The lowest BCUT2D eigenvalue weighted by molar-refractivity contribution is 0.122. The SMILES string of the molecule is CCC(CC)CC(C)CC1CCC(C)CCC(CC)C(N(C)CC)CCC(C)C1C. The summed E-state index contributed by atoms with van der Waals surface area (Å²) in [6.07, 6.45) is 15.6. The van der Waals surface area contributed by atoms with Gasteiger partial charge in [-0.1, -0.05) is 87.5 Å². The molecule has 1 aliphatic rings. The van der Waals surface area contributed by atoms with Gasteiger partial charge in [0, 0.05) is 6.04 Å². The van der Waals surface area contributed by atoms with Gasteiger partial charge in [-0.2, -0.15) is 0 Å². The first kappa shape index (κ1) is 28.0. The van der Waals surface area contributed by atoms with Crippen molar-refractivity contribution >= 4 is 0 Å². The first-order valence-electron chi connectivity index (χ1n) is 14.0. The molecular formula is C29H59N. The highest BCUT2D eigenvalue weighted by atomic mass is 15.1.